The highest BCUT2D eigenvalue weighted by Gasteiger charge is 2.46. The molecule has 0 saturated heterocycles. The fraction of sp³-hybridized carbons (Fsp3) is 0.750. The van der Waals surface area contributed by atoms with E-state index in [0.29, 0.717) is 0 Å². The number of carbonyl (C=O) groups is 2. The quantitative estimate of drug-likeness (QED) is 0.440. The minimum atomic E-state index is -2.28. The Hall–Kier alpha value is -1.14. The predicted octanol–water partition coefficient (Wildman–Crippen LogP) is -0.747. The first-order valence-electron chi connectivity index (χ1n) is 4.25. The van der Waals surface area contributed by atoms with E-state index in [9.17, 15) is 19.8 Å². The second kappa shape index (κ2) is 3.55. The minimum Gasteiger partial charge on any atom is -0.481 e. The van der Waals surface area contributed by atoms with E-state index in [2.05, 4.69) is 0 Å². The van der Waals surface area contributed by atoms with E-state index in [4.69, 9.17) is 10.2 Å². The van der Waals surface area contributed by atoms with Gasteiger partial charge in [-0.15, -0.1) is 0 Å². The number of aliphatic hydroxyl groups is 2. The fourth-order valence-corrected chi connectivity index (χ4v) is 1.67. The van der Waals surface area contributed by atoms with Crippen LogP contribution in [0.1, 0.15) is 19.3 Å². The van der Waals surface area contributed by atoms with Crippen LogP contribution in [0.5, 0.6) is 0 Å². The first-order chi connectivity index (χ1) is 6.34. The minimum absolute atomic E-state index is 0.0894. The van der Waals surface area contributed by atoms with Crippen LogP contribution in [0, 0.1) is 11.8 Å². The van der Waals surface area contributed by atoms with Crippen molar-refractivity contribution in [1.29, 1.82) is 0 Å². The Labute approximate surface area is 79.8 Å². The summed E-state index contributed by atoms with van der Waals surface area (Å²) in [5.41, 5.74) is 0. The summed E-state index contributed by atoms with van der Waals surface area (Å²) >= 11 is 0. The molecule has 0 aromatic carbocycles. The largest absolute Gasteiger partial charge is 0.481 e. The van der Waals surface area contributed by atoms with Gasteiger partial charge in [0.05, 0.1) is 5.92 Å². The second-order valence-electron chi connectivity index (χ2n) is 3.58. The highest BCUT2D eigenvalue weighted by molar-refractivity contribution is 5.75. The summed E-state index contributed by atoms with van der Waals surface area (Å²) < 4.78 is 0. The summed E-state index contributed by atoms with van der Waals surface area (Å²) in [6.07, 6.45) is -0.370. The summed E-state index contributed by atoms with van der Waals surface area (Å²) in [5, 5.41) is 35.9. The Balaban J connectivity index is 2.77. The first kappa shape index (κ1) is 10.9. The highest BCUT2D eigenvalue weighted by atomic mass is 16.5. The maximum atomic E-state index is 10.6. The van der Waals surface area contributed by atoms with Crippen molar-refractivity contribution in [2.24, 2.45) is 11.8 Å². The predicted molar refractivity (Wildman–Crippen MR) is 43.3 cm³/mol. The first-order valence-corrected chi connectivity index (χ1v) is 4.25. The van der Waals surface area contributed by atoms with Gasteiger partial charge in [-0.3, -0.25) is 9.59 Å². The summed E-state index contributed by atoms with van der Waals surface area (Å²) in [5.74, 6) is -6.97. The van der Waals surface area contributed by atoms with E-state index in [1.165, 1.54) is 0 Å². The molecular formula is C8H12O6. The van der Waals surface area contributed by atoms with Crippen LogP contribution in [0.2, 0.25) is 0 Å². The van der Waals surface area contributed by atoms with E-state index >= 15 is 0 Å². The molecule has 1 rings (SSSR count). The van der Waals surface area contributed by atoms with E-state index in [1.54, 1.807) is 0 Å². The van der Waals surface area contributed by atoms with Crippen LogP contribution in [0.25, 0.3) is 0 Å². The van der Waals surface area contributed by atoms with Gasteiger partial charge < -0.3 is 20.4 Å². The van der Waals surface area contributed by atoms with Crippen molar-refractivity contribution >= 4 is 11.9 Å². The Kier molecular flexibility index (Phi) is 2.77. The van der Waals surface area contributed by atoms with Crippen molar-refractivity contribution in [3.05, 3.63) is 0 Å². The summed E-state index contributed by atoms with van der Waals surface area (Å²) in [4.78, 5) is 21.2. The van der Waals surface area contributed by atoms with Crippen LogP contribution in [-0.4, -0.2) is 38.2 Å². The molecule has 1 saturated carbocycles. The van der Waals surface area contributed by atoms with Gasteiger partial charge in [0, 0.05) is 6.42 Å². The van der Waals surface area contributed by atoms with E-state index in [1.807, 2.05) is 0 Å². The molecule has 6 heteroatoms. The molecule has 4 N–H and O–H groups in total. The van der Waals surface area contributed by atoms with Crippen molar-refractivity contribution in [1.82, 2.24) is 0 Å². The number of carboxylic acid groups (broad SMARTS) is 2. The Morgan fingerprint density at radius 3 is 2.14 bits per heavy atom. The molecule has 0 heterocycles. The lowest BCUT2D eigenvalue weighted by Crippen LogP contribution is -2.47. The molecule has 2 unspecified atom stereocenters. The monoisotopic (exact) mass is 204 g/mol. The normalized spacial score (nSPS) is 31.0. The number of hydrogen-bond donors (Lipinski definition) is 4. The fourth-order valence-electron chi connectivity index (χ4n) is 1.67. The van der Waals surface area contributed by atoms with Gasteiger partial charge in [-0.1, -0.05) is 0 Å². The Morgan fingerprint density at radius 1 is 1.14 bits per heavy atom. The smallest absolute Gasteiger partial charge is 0.312 e. The SMILES string of the molecule is O=C(O)C1CCC(O)(O)C(C(=O)O)C1. The van der Waals surface area contributed by atoms with Crippen molar-refractivity contribution in [3.63, 3.8) is 0 Å². The molecule has 0 aliphatic heterocycles. The van der Waals surface area contributed by atoms with Gasteiger partial charge in [0.2, 0.25) is 0 Å². The van der Waals surface area contributed by atoms with Crippen LogP contribution in [0.4, 0.5) is 0 Å². The van der Waals surface area contributed by atoms with E-state index < -0.39 is 29.6 Å². The van der Waals surface area contributed by atoms with Crippen molar-refractivity contribution in [3.8, 4) is 0 Å². The molecule has 0 aromatic rings. The average Bonchev–Trinajstić information content (AvgIpc) is 2.02. The third-order valence-corrected chi connectivity index (χ3v) is 2.59. The maximum Gasteiger partial charge on any atom is 0.312 e. The third kappa shape index (κ3) is 2.02. The van der Waals surface area contributed by atoms with E-state index in [-0.39, 0.29) is 19.3 Å². The average molecular weight is 204 g/mol. The molecule has 1 fully saturated rings. The van der Waals surface area contributed by atoms with Gasteiger partial charge in [0.15, 0.2) is 5.79 Å². The van der Waals surface area contributed by atoms with Crippen LogP contribution in [0.3, 0.4) is 0 Å². The zero-order valence-corrected chi connectivity index (χ0v) is 7.38. The number of rotatable bonds is 2. The molecule has 80 valence electrons. The molecule has 2 atom stereocenters. The van der Waals surface area contributed by atoms with Crippen molar-refractivity contribution in [2.45, 2.75) is 25.0 Å². The van der Waals surface area contributed by atoms with Gasteiger partial charge in [-0.2, -0.15) is 0 Å². The standard InChI is InChI=1S/C8H12O6/c9-6(10)4-1-2-8(13,14)5(3-4)7(11)12/h4-5,13-14H,1-3H2,(H,9,10)(H,11,12). The van der Waals surface area contributed by atoms with Crippen molar-refractivity contribution in [2.75, 3.05) is 0 Å². The zero-order valence-electron chi connectivity index (χ0n) is 7.38. The van der Waals surface area contributed by atoms with Gasteiger partial charge in [-0.05, 0) is 12.8 Å². The lowest BCUT2D eigenvalue weighted by atomic mass is 9.77. The molecule has 0 bridgehead atoms. The molecule has 0 amide bonds. The van der Waals surface area contributed by atoms with Crippen LogP contribution in [-0.2, 0) is 9.59 Å². The molecule has 1 aliphatic rings. The van der Waals surface area contributed by atoms with Crippen LogP contribution in [0.15, 0.2) is 0 Å². The van der Waals surface area contributed by atoms with E-state index in [0.717, 1.165) is 0 Å². The van der Waals surface area contributed by atoms with Crippen LogP contribution < -0.4 is 0 Å². The number of aliphatic carboxylic acids is 2. The summed E-state index contributed by atoms with van der Waals surface area (Å²) in [6.45, 7) is 0. The lowest BCUT2D eigenvalue weighted by Gasteiger charge is -2.35. The third-order valence-electron chi connectivity index (χ3n) is 2.59. The zero-order chi connectivity index (χ0) is 10.9. The van der Waals surface area contributed by atoms with Crippen LogP contribution >= 0.6 is 0 Å². The van der Waals surface area contributed by atoms with Gasteiger partial charge >= 0.3 is 11.9 Å². The molecule has 0 radical (unpaired) electrons. The Bertz CT molecular complexity index is 259. The number of hydrogen-bond acceptors (Lipinski definition) is 4. The summed E-state index contributed by atoms with van der Waals surface area (Å²) in [7, 11) is 0. The molecule has 1 aliphatic carbocycles. The molecule has 0 spiro atoms. The summed E-state index contributed by atoms with van der Waals surface area (Å²) in [6, 6.07) is 0. The van der Waals surface area contributed by atoms with Crippen molar-refractivity contribution < 1.29 is 30.0 Å². The Morgan fingerprint density at radius 2 is 1.71 bits per heavy atom. The highest BCUT2D eigenvalue weighted by Crippen LogP contribution is 2.35. The topological polar surface area (TPSA) is 115 Å². The maximum absolute atomic E-state index is 10.6. The lowest BCUT2D eigenvalue weighted by molar-refractivity contribution is -0.228. The molecule has 14 heavy (non-hydrogen) atoms. The molecular weight excluding hydrogens is 192 g/mol. The molecule has 6 nitrogen and oxygen atoms in total. The van der Waals surface area contributed by atoms with Gasteiger partial charge in [-0.25, -0.2) is 0 Å². The molecule has 0 aromatic heterocycles. The number of carboxylic acids is 2. The van der Waals surface area contributed by atoms with Gasteiger partial charge in [0.25, 0.3) is 0 Å². The second-order valence-corrected chi connectivity index (χ2v) is 3.58. The van der Waals surface area contributed by atoms with Gasteiger partial charge in [0.1, 0.15) is 5.92 Å².